The quantitative estimate of drug-likeness (QED) is 0.192. The van der Waals surface area contributed by atoms with Crippen LogP contribution in [0.2, 0.25) is 10.0 Å². The number of benzene rings is 1. The fourth-order valence-electron chi connectivity index (χ4n) is 3.83. The number of ether oxygens (including phenoxy) is 4. The Morgan fingerprint density at radius 1 is 1.18 bits per heavy atom. The fourth-order valence-corrected chi connectivity index (χ4v) is 4.37. The fraction of sp³-hybridized carbons (Fsp3) is 0.500. The van der Waals surface area contributed by atoms with E-state index in [1.807, 2.05) is 19.9 Å². The van der Waals surface area contributed by atoms with Gasteiger partial charge in [0, 0.05) is 25.6 Å². The molecule has 214 valence electrons. The summed E-state index contributed by atoms with van der Waals surface area (Å²) in [6.07, 6.45) is 7.30. The molecule has 1 aliphatic carbocycles. The van der Waals surface area contributed by atoms with E-state index in [1.54, 1.807) is 31.6 Å². The third-order valence-corrected chi connectivity index (χ3v) is 6.98. The van der Waals surface area contributed by atoms with Gasteiger partial charge >= 0.3 is 12.6 Å². The van der Waals surface area contributed by atoms with E-state index in [1.165, 1.54) is 6.07 Å². The average molecular weight is 588 g/mol. The first-order valence-corrected chi connectivity index (χ1v) is 13.6. The number of alkyl halides is 2. The molecule has 11 heteroatoms. The maximum atomic E-state index is 13.0. The third-order valence-electron chi connectivity index (χ3n) is 6.30. The lowest BCUT2D eigenvalue weighted by atomic mass is 10.0. The summed E-state index contributed by atoms with van der Waals surface area (Å²) in [5.74, 6) is -0.0450. The largest absolute Gasteiger partial charge is 0.489 e. The minimum absolute atomic E-state index is 0.0379. The van der Waals surface area contributed by atoms with Crippen molar-refractivity contribution in [2.45, 2.75) is 58.4 Å². The molecule has 1 aromatic heterocycles. The highest BCUT2D eigenvalue weighted by Gasteiger charge is 2.26. The van der Waals surface area contributed by atoms with E-state index in [0.29, 0.717) is 40.2 Å². The molecule has 0 aliphatic heterocycles. The minimum atomic E-state index is -3.01. The second-order valence-corrected chi connectivity index (χ2v) is 10.2. The summed E-state index contributed by atoms with van der Waals surface area (Å²) >= 11 is 12.8. The van der Waals surface area contributed by atoms with E-state index in [2.05, 4.69) is 15.0 Å². The molecule has 2 N–H and O–H groups in total. The summed E-state index contributed by atoms with van der Waals surface area (Å²) in [6.45, 7) is 1.79. The molecule has 2 aromatic rings. The Morgan fingerprint density at radius 2 is 1.90 bits per heavy atom. The van der Waals surface area contributed by atoms with Crippen LogP contribution in [0.4, 0.5) is 8.78 Å². The van der Waals surface area contributed by atoms with Gasteiger partial charge in [-0.3, -0.25) is 4.79 Å². The molecule has 1 fully saturated rings. The lowest BCUT2D eigenvalue weighted by Crippen LogP contribution is -2.28. The maximum Gasteiger partial charge on any atom is 0.387 e. The van der Waals surface area contributed by atoms with Gasteiger partial charge in [0.05, 0.1) is 19.3 Å². The Bertz CT molecular complexity index is 1110. The molecule has 0 radical (unpaired) electrons. The molecule has 1 aromatic carbocycles. The van der Waals surface area contributed by atoms with Crippen molar-refractivity contribution in [2.24, 2.45) is 5.92 Å². The van der Waals surface area contributed by atoms with Gasteiger partial charge in [-0.05, 0) is 49.8 Å². The molecule has 0 saturated heterocycles. The minimum Gasteiger partial charge on any atom is -0.489 e. The maximum absolute atomic E-state index is 13.0. The summed E-state index contributed by atoms with van der Waals surface area (Å²) in [7, 11) is 1.64. The van der Waals surface area contributed by atoms with Gasteiger partial charge in [-0.2, -0.15) is 8.78 Å². The Labute approximate surface area is 237 Å². The molecular weight excluding hydrogens is 553 g/mol. The van der Waals surface area contributed by atoms with Gasteiger partial charge in [0.25, 0.3) is 0 Å². The van der Waals surface area contributed by atoms with Gasteiger partial charge in [-0.25, -0.2) is 4.98 Å². The number of aromatic nitrogens is 1. The summed E-state index contributed by atoms with van der Waals surface area (Å²) in [6, 6.07) is 4.51. The highest BCUT2D eigenvalue weighted by atomic mass is 35.5. The first kappa shape index (κ1) is 31.1. The van der Waals surface area contributed by atoms with Crippen LogP contribution in [-0.2, 0) is 20.7 Å². The number of halogens is 4. The second-order valence-electron chi connectivity index (χ2n) is 9.37. The smallest absolute Gasteiger partial charge is 0.387 e. The van der Waals surface area contributed by atoms with E-state index in [4.69, 9.17) is 37.4 Å². The van der Waals surface area contributed by atoms with Gasteiger partial charge in [-0.15, -0.1) is 0 Å². The zero-order valence-corrected chi connectivity index (χ0v) is 23.8. The van der Waals surface area contributed by atoms with Crippen LogP contribution in [0.5, 0.6) is 11.5 Å². The SMILES string of the molecule is CC/C(=C\C(C)OC)CNCC(=O)O[C@@H](Cc1c(Cl)c[nH+]cc1Cl)c1ccc(OC(F)F)c(OCC2CC2)c1. The molecule has 0 spiro atoms. The Balaban J connectivity index is 1.80. The molecule has 1 heterocycles. The Hall–Kier alpha value is -2.46. The normalized spacial score (nSPS) is 15.2. The van der Waals surface area contributed by atoms with Crippen molar-refractivity contribution in [3.05, 3.63) is 63.4 Å². The van der Waals surface area contributed by atoms with E-state index >= 15 is 0 Å². The lowest BCUT2D eigenvalue weighted by molar-refractivity contribution is -0.377. The number of methoxy groups -OCH3 is 1. The van der Waals surface area contributed by atoms with Crippen molar-refractivity contribution < 1.29 is 37.5 Å². The molecule has 1 saturated carbocycles. The number of esters is 1. The van der Waals surface area contributed by atoms with Crippen LogP contribution in [0.25, 0.3) is 0 Å². The predicted octanol–water partition coefficient (Wildman–Crippen LogP) is 5.99. The molecule has 3 rings (SSSR count). The molecule has 0 bridgehead atoms. The van der Waals surface area contributed by atoms with Gasteiger partial charge in [-0.1, -0.05) is 47.8 Å². The molecule has 1 aliphatic rings. The third kappa shape index (κ3) is 10.2. The Kier molecular flexibility index (Phi) is 12.2. The van der Waals surface area contributed by atoms with Gasteiger partial charge < -0.3 is 24.3 Å². The van der Waals surface area contributed by atoms with Crippen molar-refractivity contribution in [3.8, 4) is 11.5 Å². The van der Waals surface area contributed by atoms with Crippen molar-refractivity contribution in [1.82, 2.24) is 5.32 Å². The number of hydrogen-bond donors (Lipinski definition) is 1. The number of nitrogens with one attached hydrogen (secondary N) is 2. The average Bonchev–Trinajstić information content (AvgIpc) is 3.73. The van der Waals surface area contributed by atoms with Crippen LogP contribution in [0.15, 0.2) is 42.2 Å². The summed E-state index contributed by atoms with van der Waals surface area (Å²) in [4.78, 5) is 15.7. The van der Waals surface area contributed by atoms with Gasteiger partial charge in [0.1, 0.15) is 16.1 Å². The molecule has 2 atom stereocenters. The van der Waals surface area contributed by atoms with E-state index in [9.17, 15) is 13.6 Å². The van der Waals surface area contributed by atoms with Crippen molar-refractivity contribution >= 4 is 29.2 Å². The van der Waals surface area contributed by atoms with E-state index in [0.717, 1.165) is 24.8 Å². The zero-order valence-electron chi connectivity index (χ0n) is 22.3. The highest BCUT2D eigenvalue weighted by molar-refractivity contribution is 6.35. The first-order valence-electron chi connectivity index (χ1n) is 12.9. The van der Waals surface area contributed by atoms with Crippen LogP contribution in [0.1, 0.15) is 50.3 Å². The van der Waals surface area contributed by atoms with Crippen LogP contribution in [0.3, 0.4) is 0 Å². The van der Waals surface area contributed by atoms with Crippen molar-refractivity contribution in [1.29, 1.82) is 0 Å². The van der Waals surface area contributed by atoms with Gasteiger partial charge in [0.15, 0.2) is 23.9 Å². The molecule has 39 heavy (non-hydrogen) atoms. The number of rotatable bonds is 16. The molecule has 7 nitrogen and oxygen atoms in total. The molecule has 0 amide bonds. The standard InChI is InChI=1S/C28H34Cl2F2N2O5/c1-4-18(9-17(2)36-3)12-33-15-27(35)38-25(11-21-22(29)13-34-14-23(21)30)20-7-8-24(39-28(31)32)26(10-20)37-16-19-5-6-19/h7-10,13-14,17,19,25,28,33H,4-6,11-12,15-16H2,1-3H3/p+1/b18-9+/t17?,25-/m0/s1. The van der Waals surface area contributed by atoms with Crippen LogP contribution < -0.4 is 19.8 Å². The topological polar surface area (TPSA) is 80.2 Å². The summed E-state index contributed by atoms with van der Waals surface area (Å²) in [5, 5.41) is 3.85. The monoisotopic (exact) mass is 587 g/mol. The summed E-state index contributed by atoms with van der Waals surface area (Å²) < 4.78 is 47.6. The van der Waals surface area contributed by atoms with Gasteiger partial charge in [0.2, 0.25) is 0 Å². The molecule has 1 unspecified atom stereocenters. The van der Waals surface area contributed by atoms with Crippen LogP contribution >= 0.6 is 23.2 Å². The van der Waals surface area contributed by atoms with E-state index in [-0.39, 0.29) is 30.6 Å². The number of aromatic amines is 1. The number of carbonyl (C=O) groups is 1. The van der Waals surface area contributed by atoms with Crippen molar-refractivity contribution in [2.75, 3.05) is 26.8 Å². The number of hydrogen-bond acceptors (Lipinski definition) is 6. The zero-order chi connectivity index (χ0) is 28.4. The van der Waals surface area contributed by atoms with Crippen LogP contribution in [0, 0.1) is 5.92 Å². The predicted molar refractivity (Wildman–Crippen MR) is 145 cm³/mol. The van der Waals surface area contributed by atoms with Crippen LogP contribution in [-0.4, -0.2) is 45.5 Å². The lowest BCUT2D eigenvalue weighted by Gasteiger charge is -2.21. The second kappa shape index (κ2) is 15.4. The van der Waals surface area contributed by atoms with E-state index < -0.39 is 18.7 Å². The first-order chi connectivity index (χ1) is 18.7. The number of H-pyrrole nitrogens is 1. The highest BCUT2D eigenvalue weighted by Crippen LogP contribution is 2.37. The Morgan fingerprint density at radius 3 is 2.51 bits per heavy atom. The molecular formula is C28H35Cl2F2N2O5+. The number of carbonyl (C=O) groups excluding carboxylic acids is 1. The number of pyridine rings is 1. The van der Waals surface area contributed by atoms with Crippen molar-refractivity contribution in [3.63, 3.8) is 0 Å². The summed E-state index contributed by atoms with van der Waals surface area (Å²) in [5.41, 5.74) is 2.19.